The van der Waals surface area contributed by atoms with Crippen LogP contribution in [0.5, 0.6) is 5.75 Å². The molecule has 0 radical (unpaired) electrons. The van der Waals surface area contributed by atoms with Gasteiger partial charge in [-0.15, -0.1) is 0 Å². The van der Waals surface area contributed by atoms with E-state index in [4.69, 9.17) is 9.26 Å². The van der Waals surface area contributed by atoms with Gasteiger partial charge in [0, 0.05) is 19.5 Å². The Labute approximate surface area is 145 Å². The van der Waals surface area contributed by atoms with Crippen molar-refractivity contribution in [1.82, 2.24) is 10.5 Å². The maximum Gasteiger partial charge on any atom is 0.274 e. The predicted octanol–water partition coefficient (Wildman–Crippen LogP) is 2.03. The first-order valence-electron chi connectivity index (χ1n) is 8.21. The molecule has 1 atom stereocenters. The molecular weight excluding hydrogens is 322 g/mol. The minimum Gasteiger partial charge on any atom is -0.489 e. The van der Waals surface area contributed by atoms with Crippen molar-refractivity contribution in [3.05, 3.63) is 41.8 Å². The third-order valence-corrected chi connectivity index (χ3v) is 3.97. The molecule has 2 heterocycles. The van der Waals surface area contributed by atoms with Crippen molar-refractivity contribution in [2.45, 2.75) is 26.3 Å². The Kier molecular flexibility index (Phi) is 4.74. The second-order valence-electron chi connectivity index (χ2n) is 6.48. The molecule has 0 saturated carbocycles. The lowest BCUT2D eigenvalue weighted by Crippen LogP contribution is -2.49. The molecule has 1 aliphatic heterocycles. The minimum atomic E-state index is -0.796. The number of nitrogens with one attached hydrogen (secondary N) is 1. The zero-order valence-electron chi connectivity index (χ0n) is 14.5. The summed E-state index contributed by atoms with van der Waals surface area (Å²) >= 11 is 0. The summed E-state index contributed by atoms with van der Waals surface area (Å²) in [6, 6.07) is 8.07. The highest BCUT2D eigenvalue weighted by atomic mass is 16.5. The van der Waals surface area contributed by atoms with E-state index >= 15 is 0 Å². The maximum absolute atomic E-state index is 12.6. The number of benzene rings is 1. The fourth-order valence-corrected chi connectivity index (χ4v) is 2.71. The number of anilines is 1. The molecule has 7 nitrogen and oxygen atoms in total. The first-order chi connectivity index (χ1) is 12.0. The van der Waals surface area contributed by atoms with Crippen LogP contribution in [-0.2, 0) is 11.2 Å². The van der Waals surface area contributed by atoms with Gasteiger partial charge in [-0.1, -0.05) is 31.1 Å². The second-order valence-corrected chi connectivity index (χ2v) is 6.48. The van der Waals surface area contributed by atoms with Crippen molar-refractivity contribution in [1.29, 1.82) is 0 Å². The van der Waals surface area contributed by atoms with Gasteiger partial charge in [0.05, 0.1) is 5.69 Å². The summed E-state index contributed by atoms with van der Waals surface area (Å²) in [6.07, 6.45) is 0.698. The summed E-state index contributed by atoms with van der Waals surface area (Å²) in [5, 5.41) is 6.47. The fraction of sp³-hybridized carbons (Fsp3) is 0.389. The standard InChI is InChI=1S/C18H21N3O4/c1-11(2)8-12-9-13(20-25-12)17(22)19-14-10-24-16-7-5-4-6-15(16)21(3)18(14)23/h4-7,9,11,14H,8,10H2,1-3H3,(H,19,22)/t14-/m1/s1. The van der Waals surface area contributed by atoms with Crippen LogP contribution in [0.4, 0.5) is 5.69 Å². The maximum atomic E-state index is 12.6. The van der Waals surface area contributed by atoms with E-state index in [0.717, 1.165) is 0 Å². The van der Waals surface area contributed by atoms with Gasteiger partial charge in [-0.05, 0) is 18.1 Å². The van der Waals surface area contributed by atoms with Crippen LogP contribution in [0.3, 0.4) is 0 Å². The quantitative estimate of drug-likeness (QED) is 0.918. The van der Waals surface area contributed by atoms with Gasteiger partial charge in [-0.25, -0.2) is 0 Å². The largest absolute Gasteiger partial charge is 0.489 e. The van der Waals surface area contributed by atoms with Gasteiger partial charge in [0.1, 0.15) is 24.2 Å². The highest BCUT2D eigenvalue weighted by molar-refractivity contribution is 6.02. The van der Waals surface area contributed by atoms with E-state index in [0.29, 0.717) is 29.5 Å². The molecule has 1 aromatic carbocycles. The normalized spacial score (nSPS) is 17.0. The number of nitrogens with zero attached hydrogens (tertiary/aromatic N) is 2. The lowest BCUT2D eigenvalue weighted by atomic mass is 10.1. The summed E-state index contributed by atoms with van der Waals surface area (Å²) in [4.78, 5) is 26.5. The minimum absolute atomic E-state index is 0.0582. The number of ether oxygens (including phenoxy) is 1. The van der Waals surface area contributed by atoms with Crippen LogP contribution in [0.1, 0.15) is 30.1 Å². The molecule has 0 fully saturated rings. The third kappa shape index (κ3) is 3.65. The van der Waals surface area contributed by atoms with Crippen molar-refractivity contribution in [2.24, 2.45) is 5.92 Å². The number of fused-ring (bicyclic) bond motifs is 1. The number of hydrogen-bond donors (Lipinski definition) is 1. The van der Waals surface area contributed by atoms with E-state index in [1.807, 2.05) is 12.1 Å². The molecule has 0 bridgehead atoms. The van der Waals surface area contributed by atoms with Crippen LogP contribution < -0.4 is 15.0 Å². The van der Waals surface area contributed by atoms with E-state index < -0.39 is 11.9 Å². The van der Waals surface area contributed by atoms with E-state index in [1.165, 1.54) is 4.90 Å². The van der Waals surface area contributed by atoms with Gasteiger partial charge >= 0.3 is 0 Å². The molecule has 0 aliphatic carbocycles. The first kappa shape index (κ1) is 17.0. The van der Waals surface area contributed by atoms with Crippen molar-refractivity contribution in [3.8, 4) is 5.75 Å². The van der Waals surface area contributed by atoms with E-state index in [-0.39, 0.29) is 18.2 Å². The molecule has 1 N–H and O–H groups in total. The zero-order valence-corrected chi connectivity index (χ0v) is 14.5. The van der Waals surface area contributed by atoms with Gasteiger partial charge in [0.15, 0.2) is 5.69 Å². The monoisotopic (exact) mass is 343 g/mol. The van der Waals surface area contributed by atoms with E-state index in [9.17, 15) is 9.59 Å². The van der Waals surface area contributed by atoms with Crippen molar-refractivity contribution in [3.63, 3.8) is 0 Å². The molecule has 1 aromatic heterocycles. The molecule has 25 heavy (non-hydrogen) atoms. The molecule has 1 aliphatic rings. The summed E-state index contributed by atoms with van der Waals surface area (Å²) < 4.78 is 10.8. The molecular formula is C18H21N3O4. The van der Waals surface area contributed by atoms with Crippen LogP contribution in [0.25, 0.3) is 0 Å². The number of aromatic nitrogens is 1. The summed E-state index contributed by atoms with van der Waals surface area (Å²) in [7, 11) is 1.66. The van der Waals surface area contributed by atoms with Crippen molar-refractivity contribution >= 4 is 17.5 Å². The predicted molar refractivity (Wildman–Crippen MR) is 91.6 cm³/mol. The zero-order chi connectivity index (χ0) is 18.0. The SMILES string of the molecule is CC(C)Cc1cc(C(=O)N[C@@H]2COc3ccccc3N(C)C2=O)no1. The Bertz CT molecular complexity index is 784. The highest BCUT2D eigenvalue weighted by Gasteiger charge is 2.31. The Morgan fingerprint density at radius 1 is 1.40 bits per heavy atom. The lowest BCUT2D eigenvalue weighted by Gasteiger charge is -2.19. The lowest BCUT2D eigenvalue weighted by molar-refractivity contribution is -0.120. The van der Waals surface area contributed by atoms with Crippen LogP contribution >= 0.6 is 0 Å². The van der Waals surface area contributed by atoms with Crippen LogP contribution in [-0.4, -0.2) is 36.7 Å². The van der Waals surface area contributed by atoms with Crippen LogP contribution in [0.2, 0.25) is 0 Å². The average molecular weight is 343 g/mol. The molecule has 0 unspecified atom stereocenters. The Balaban J connectivity index is 1.71. The van der Waals surface area contributed by atoms with Gasteiger partial charge in [0.25, 0.3) is 11.8 Å². The fourth-order valence-electron chi connectivity index (χ4n) is 2.71. The molecule has 2 amide bonds. The van der Waals surface area contributed by atoms with Crippen molar-refractivity contribution in [2.75, 3.05) is 18.6 Å². The Morgan fingerprint density at radius 3 is 2.92 bits per heavy atom. The third-order valence-electron chi connectivity index (χ3n) is 3.97. The van der Waals surface area contributed by atoms with Crippen LogP contribution in [0, 0.1) is 5.92 Å². The number of rotatable bonds is 4. The first-order valence-corrected chi connectivity index (χ1v) is 8.21. The smallest absolute Gasteiger partial charge is 0.274 e. The van der Waals surface area contributed by atoms with Gasteiger partial charge in [-0.2, -0.15) is 0 Å². The molecule has 0 saturated heterocycles. The highest BCUT2D eigenvalue weighted by Crippen LogP contribution is 2.29. The Morgan fingerprint density at radius 2 is 2.16 bits per heavy atom. The number of amides is 2. The van der Waals surface area contributed by atoms with Crippen molar-refractivity contribution < 1.29 is 18.8 Å². The molecule has 3 rings (SSSR count). The molecule has 7 heteroatoms. The summed E-state index contributed by atoms with van der Waals surface area (Å²) in [5.41, 5.74) is 0.831. The molecule has 0 spiro atoms. The number of carbonyl (C=O) groups excluding carboxylic acids is 2. The van der Waals surface area contributed by atoms with Crippen LogP contribution in [0.15, 0.2) is 34.9 Å². The molecule has 132 valence electrons. The van der Waals surface area contributed by atoms with E-state index in [1.54, 1.807) is 25.2 Å². The number of hydrogen-bond acceptors (Lipinski definition) is 5. The van der Waals surface area contributed by atoms with E-state index in [2.05, 4.69) is 24.3 Å². The number of carbonyl (C=O) groups is 2. The summed E-state index contributed by atoms with van der Waals surface area (Å²) in [5.74, 6) is 0.945. The topological polar surface area (TPSA) is 84.7 Å². The van der Waals surface area contributed by atoms with Gasteiger partial charge in [0.2, 0.25) is 0 Å². The second kappa shape index (κ2) is 6.96. The van der Waals surface area contributed by atoms with Gasteiger partial charge < -0.3 is 19.5 Å². The number of para-hydroxylation sites is 2. The molecule has 2 aromatic rings. The summed E-state index contributed by atoms with van der Waals surface area (Å²) in [6.45, 7) is 4.16. The average Bonchev–Trinajstić information content (AvgIpc) is 3.01. The van der Waals surface area contributed by atoms with Gasteiger partial charge in [-0.3, -0.25) is 9.59 Å². The number of likely N-dealkylation sites (N-methyl/N-ethyl adjacent to an activating group) is 1. The Hall–Kier alpha value is -2.83.